The summed E-state index contributed by atoms with van der Waals surface area (Å²) in [7, 11) is 0. The van der Waals surface area contributed by atoms with Gasteiger partial charge in [-0.05, 0) is 43.9 Å². The number of nitrogens with zero attached hydrogens (tertiary/aromatic N) is 2. The molecule has 1 aromatic carbocycles. The van der Waals surface area contributed by atoms with Gasteiger partial charge in [0.2, 0.25) is 0 Å². The Morgan fingerprint density at radius 1 is 1.26 bits per heavy atom. The summed E-state index contributed by atoms with van der Waals surface area (Å²) in [6.45, 7) is 5.11. The molecule has 0 atom stereocenters. The zero-order valence-corrected chi connectivity index (χ0v) is 11.1. The number of anilines is 1. The topological polar surface area (TPSA) is 75.5 Å². The number of urea groups is 1. The Labute approximate surface area is 111 Å². The largest absolute Gasteiger partial charge is 0.325 e. The molecule has 1 aliphatic rings. The zero-order chi connectivity index (χ0) is 14.0. The van der Waals surface area contributed by atoms with Crippen LogP contribution >= 0.6 is 0 Å². The second-order valence-corrected chi connectivity index (χ2v) is 4.84. The van der Waals surface area contributed by atoms with E-state index in [0.717, 1.165) is 24.0 Å². The maximum Gasteiger partial charge on any atom is 0.322 e. The smallest absolute Gasteiger partial charge is 0.322 e. The molecule has 1 aromatic rings. The first-order chi connectivity index (χ1) is 8.99. The molecule has 0 aromatic heterocycles. The highest BCUT2D eigenvalue weighted by molar-refractivity contribution is 5.92. The summed E-state index contributed by atoms with van der Waals surface area (Å²) < 4.78 is 0. The second kappa shape index (κ2) is 5.26. The predicted molar refractivity (Wildman–Crippen MR) is 72.4 cm³/mol. The number of carbonyl (C=O) groups excluding carboxylic acids is 1. The average molecular weight is 263 g/mol. The normalized spacial score (nSPS) is 14.5. The average Bonchev–Trinajstić information content (AvgIpc) is 2.86. The highest BCUT2D eigenvalue weighted by atomic mass is 16.6. The van der Waals surface area contributed by atoms with Gasteiger partial charge in [-0.2, -0.15) is 0 Å². The fraction of sp³-hybridized carbons (Fsp3) is 0.462. The summed E-state index contributed by atoms with van der Waals surface area (Å²) >= 11 is 0. The number of amides is 2. The van der Waals surface area contributed by atoms with Gasteiger partial charge < -0.3 is 10.2 Å². The number of hydrogen-bond acceptors (Lipinski definition) is 3. The molecule has 0 unspecified atom stereocenters. The Morgan fingerprint density at radius 2 is 1.84 bits per heavy atom. The molecule has 0 bridgehead atoms. The van der Waals surface area contributed by atoms with Crippen LogP contribution in [0.25, 0.3) is 0 Å². The van der Waals surface area contributed by atoms with Gasteiger partial charge in [-0.1, -0.05) is 0 Å². The van der Waals surface area contributed by atoms with Crippen LogP contribution in [0.4, 0.5) is 16.2 Å². The van der Waals surface area contributed by atoms with Crippen molar-refractivity contribution in [2.75, 3.05) is 18.4 Å². The standard InChI is InChI=1S/C13H17N3O3/c1-9-7-11(12(16(18)19)8-10(9)2)14-13(17)15-5-3-4-6-15/h7-8H,3-6H2,1-2H3,(H,14,17). The Bertz CT molecular complexity index is 522. The first-order valence-electron chi connectivity index (χ1n) is 6.30. The Balaban J connectivity index is 2.25. The van der Waals surface area contributed by atoms with Gasteiger partial charge in [-0.15, -0.1) is 0 Å². The highest BCUT2D eigenvalue weighted by Gasteiger charge is 2.22. The molecule has 2 amide bonds. The van der Waals surface area contributed by atoms with Crippen molar-refractivity contribution < 1.29 is 9.72 Å². The van der Waals surface area contributed by atoms with E-state index >= 15 is 0 Å². The molecule has 102 valence electrons. The van der Waals surface area contributed by atoms with Crippen molar-refractivity contribution in [3.05, 3.63) is 33.4 Å². The fourth-order valence-electron chi connectivity index (χ4n) is 2.17. The van der Waals surface area contributed by atoms with Gasteiger partial charge in [0.25, 0.3) is 5.69 Å². The van der Waals surface area contributed by atoms with Gasteiger partial charge in [-0.3, -0.25) is 10.1 Å². The van der Waals surface area contributed by atoms with Gasteiger partial charge in [0.05, 0.1) is 4.92 Å². The van der Waals surface area contributed by atoms with Crippen LogP contribution in [0.1, 0.15) is 24.0 Å². The van der Waals surface area contributed by atoms with E-state index in [9.17, 15) is 14.9 Å². The number of aryl methyl sites for hydroxylation is 2. The second-order valence-electron chi connectivity index (χ2n) is 4.84. The minimum absolute atomic E-state index is 0.0596. The van der Waals surface area contributed by atoms with Crippen LogP contribution in [-0.2, 0) is 0 Å². The Kier molecular flexibility index (Phi) is 3.69. The van der Waals surface area contributed by atoms with E-state index in [1.54, 1.807) is 11.0 Å². The first kappa shape index (κ1) is 13.3. The van der Waals surface area contributed by atoms with Crippen molar-refractivity contribution in [2.45, 2.75) is 26.7 Å². The van der Waals surface area contributed by atoms with Crippen molar-refractivity contribution in [3.63, 3.8) is 0 Å². The molecular weight excluding hydrogens is 246 g/mol. The molecule has 0 spiro atoms. The van der Waals surface area contributed by atoms with E-state index in [4.69, 9.17) is 0 Å². The molecule has 0 saturated carbocycles. The third-order valence-electron chi connectivity index (χ3n) is 3.44. The molecule has 6 nitrogen and oxygen atoms in total. The number of hydrogen-bond donors (Lipinski definition) is 1. The number of nitrogens with one attached hydrogen (secondary N) is 1. The van der Waals surface area contributed by atoms with E-state index < -0.39 is 4.92 Å². The van der Waals surface area contributed by atoms with Crippen LogP contribution in [0, 0.1) is 24.0 Å². The SMILES string of the molecule is Cc1cc(NC(=O)N2CCCC2)c([N+](=O)[O-])cc1C. The van der Waals surface area contributed by atoms with Crippen LogP contribution in [0.2, 0.25) is 0 Å². The first-order valence-corrected chi connectivity index (χ1v) is 6.30. The van der Waals surface area contributed by atoms with E-state index in [0.29, 0.717) is 13.1 Å². The van der Waals surface area contributed by atoms with Crippen molar-refractivity contribution in [1.82, 2.24) is 4.90 Å². The lowest BCUT2D eigenvalue weighted by Crippen LogP contribution is -2.32. The summed E-state index contributed by atoms with van der Waals surface area (Å²) in [5, 5.41) is 13.7. The molecule has 19 heavy (non-hydrogen) atoms. The maximum atomic E-state index is 12.0. The predicted octanol–water partition coefficient (Wildman–Crippen LogP) is 2.84. The number of benzene rings is 1. The van der Waals surface area contributed by atoms with Gasteiger partial charge in [-0.25, -0.2) is 4.79 Å². The molecular formula is C13H17N3O3. The highest BCUT2D eigenvalue weighted by Crippen LogP contribution is 2.28. The third kappa shape index (κ3) is 2.83. The number of likely N-dealkylation sites (tertiary alicyclic amines) is 1. The third-order valence-corrected chi connectivity index (χ3v) is 3.44. The van der Waals surface area contributed by atoms with Crippen LogP contribution in [-0.4, -0.2) is 28.9 Å². The van der Waals surface area contributed by atoms with E-state index in [2.05, 4.69) is 5.32 Å². The lowest BCUT2D eigenvalue weighted by molar-refractivity contribution is -0.384. The van der Waals surface area contributed by atoms with Gasteiger partial charge in [0.15, 0.2) is 0 Å². The molecule has 1 fully saturated rings. The molecule has 1 N–H and O–H groups in total. The van der Waals surface area contributed by atoms with Crippen LogP contribution in [0.3, 0.4) is 0 Å². The summed E-state index contributed by atoms with van der Waals surface area (Å²) in [6.07, 6.45) is 1.98. The number of nitro benzene ring substituents is 1. The van der Waals surface area contributed by atoms with E-state index in [1.807, 2.05) is 13.8 Å². The fourth-order valence-corrected chi connectivity index (χ4v) is 2.17. The van der Waals surface area contributed by atoms with Crippen molar-refractivity contribution in [2.24, 2.45) is 0 Å². The van der Waals surface area contributed by atoms with Gasteiger partial charge in [0.1, 0.15) is 5.69 Å². The van der Waals surface area contributed by atoms with Crippen molar-refractivity contribution >= 4 is 17.4 Å². The number of nitro groups is 1. The molecule has 1 aliphatic heterocycles. The zero-order valence-electron chi connectivity index (χ0n) is 11.1. The Morgan fingerprint density at radius 3 is 2.42 bits per heavy atom. The van der Waals surface area contributed by atoms with Crippen LogP contribution in [0.5, 0.6) is 0 Å². The van der Waals surface area contributed by atoms with Crippen LogP contribution < -0.4 is 5.32 Å². The summed E-state index contributed by atoms with van der Waals surface area (Å²) in [5.74, 6) is 0. The molecule has 1 saturated heterocycles. The molecule has 6 heteroatoms. The van der Waals surface area contributed by atoms with Crippen molar-refractivity contribution in [3.8, 4) is 0 Å². The summed E-state index contributed by atoms with van der Waals surface area (Å²) in [5.41, 5.74) is 1.97. The molecule has 2 rings (SSSR count). The van der Waals surface area contributed by atoms with Gasteiger partial charge >= 0.3 is 6.03 Å². The number of carbonyl (C=O) groups is 1. The monoisotopic (exact) mass is 263 g/mol. The van der Waals surface area contributed by atoms with Crippen LogP contribution in [0.15, 0.2) is 12.1 Å². The molecule has 1 heterocycles. The lowest BCUT2D eigenvalue weighted by Gasteiger charge is -2.16. The summed E-state index contributed by atoms with van der Waals surface area (Å²) in [6, 6.07) is 2.89. The maximum absolute atomic E-state index is 12.0. The van der Waals surface area contributed by atoms with E-state index in [-0.39, 0.29) is 17.4 Å². The summed E-state index contributed by atoms with van der Waals surface area (Å²) in [4.78, 5) is 24.2. The lowest BCUT2D eigenvalue weighted by atomic mass is 10.1. The minimum atomic E-state index is -0.466. The Hall–Kier alpha value is -2.11. The quantitative estimate of drug-likeness (QED) is 0.658. The minimum Gasteiger partial charge on any atom is -0.325 e. The molecule has 0 radical (unpaired) electrons. The number of rotatable bonds is 2. The van der Waals surface area contributed by atoms with Gasteiger partial charge in [0, 0.05) is 19.2 Å². The molecule has 0 aliphatic carbocycles. The van der Waals surface area contributed by atoms with Crippen molar-refractivity contribution in [1.29, 1.82) is 0 Å². The van der Waals surface area contributed by atoms with E-state index in [1.165, 1.54) is 6.07 Å².